The Labute approximate surface area is 171 Å². The Balaban J connectivity index is 1.76. The molecule has 0 saturated carbocycles. The highest BCUT2D eigenvalue weighted by molar-refractivity contribution is 6.05. The van der Waals surface area contributed by atoms with Gasteiger partial charge in [0, 0.05) is 18.8 Å². The Hall–Kier alpha value is -3.55. The van der Waals surface area contributed by atoms with E-state index in [4.69, 9.17) is 9.47 Å². The molecule has 1 heterocycles. The summed E-state index contributed by atoms with van der Waals surface area (Å²) in [7, 11) is 3.17. The number of hydrogen-bond donors (Lipinski definition) is 0. The minimum Gasteiger partial charge on any atom is -0.496 e. The third-order valence-electron chi connectivity index (χ3n) is 4.36. The molecule has 30 heavy (non-hydrogen) atoms. The Kier molecular flexibility index (Phi) is 6.25. The van der Waals surface area contributed by atoms with Crippen LogP contribution in [0.15, 0.2) is 60.8 Å². The molecule has 0 radical (unpaired) electrons. The molecule has 0 saturated heterocycles. The van der Waals surface area contributed by atoms with Gasteiger partial charge in [0.1, 0.15) is 23.8 Å². The number of halogens is 3. The molecule has 0 amide bonds. The van der Waals surface area contributed by atoms with Crippen molar-refractivity contribution >= 4 is 11.9 Å². The number of rotatable bonds is 7. The number of aryl methyl sites for hydroxylation is 1. The van der Waals surface area contributed by atoms with Crippen LogP contribution in [0.1, 0.15) is 27.2 Å². The molecule has 156 valence electrons. The summed E-state index contributed by atoms with van der Waals surface area (Å²) in [5.41, 5.74) is 1.02. The average molecular weight is 416 g/mol. The summed E-state index contributed by atoms with van der Waals surface area (Å²) in [4.78, 5) is 12.2. The van der Waals surface area contributed by atoms with E-state index in [1.54, 1.807) is 37.4 Å². The number of nitrogens with zero attached hydrogens (tertiary/aromatic N) is 2. The van der Waals surface area contributed by atoms with E-state index in [2.05, 4.69) is 5.10 Å². The van der Waals surface area contributed by atoms with Crippen LogP contribution in [0.2, 0.25) is 0 Å². The van der Waals surface area contributed by atoms with Crippen LogP contribution in [0.5, 0.6) is 11.5 Å². The highest BCUT2D eigenvalue weighted by Gasteiger charge is 2.30. The van der Waals surface area contributed by atoms with Gasteiger partial charge in [-0.3, -0.25) is 9.48 Å². The molecule has 1 aromatic heterocycles. The molecule has 0 spiro atoms. The van der Waals surface area contributed by atoms with Crippen LogP contribution >= 0.6 is 0 Å². The largest absolute Gasteiger partial charge is 0.496 e. The number of carbonyl (C=O) groups excluding carboxylic acids is 1. The second-order valence-corrected chi connectivity index (χ2v) is 6.42. The Bertz CT molecular complexity index is 1070. The maximum absolute atomic E-state index is 12.9. The number of methoxy groups -OCH3 is 1. The Morgan fingerprint density at radius 2 is 1.97 bits per heavy atom. The fraction of sp³-hybridized carbons (Fsp3) is 0.182. The van der Waals surface area contributed by atoms with Gasteiger partial charge in [0.2, 0.25) is 5.78 Å². The summed E-state index contributed by atoms with van der Waals surface area (Å²) < 4.78 is 50.9. The number of ether oxygens (including phenoxy) is 2. The monoisotopic (exact) mass is 416 g/mol. The lowest BCUT2D eigenvalue weighted by atomic mass is 10.1. The maximum Gasteiger partial charge on any atom is 0.416 e. The minimum absolute atomic E-state index is 0.00183. The fourth-order valence-corrected chi connectivity index (χ4v) is 2.81. The first-order valence-corrected chi connectivity index (χ1v) is 8.95. The fourth-order valence-electron chi connectivity index (χ4n) is 2.81. The molecule has 3 rings (SSSR count). The van der Waals surface area contributed by atoms with Crippen LogP contribution in [0.4, 0.5) is 13.2 Å². The number of hydrogen-bond acceptors (Lipinski definition) is 4. The smallest absolute Gasteiger partial charge is 0.416 e. The van der Waals surface area contributed by atoms with Crippen molar-refractivity contribution < 1.29 is 27.4 Å². The molecule has 0 unspecified atom stereocenters. The highest BCUT2D eigenvalue weighted by atomic mass is 19.4. The van der Waals surface area contributed by atoms with E-state index in [1.165, 1.54) is 36.2 Å². The number of alkyl halides is 3. The van der Waals surface area contributed by atoms with E-state index >= 15 is 0 Å². The molecule has 2 aromatic carbocycles. The zero-order valence-electron chi connectivity index (χ0n) is 16.3. The van der Waals surface area contributed by atoms with Crippen molar-refractivity contribution in [3.63, 3.8) is 0 Å². The third kappa shape index (κ3) is 5.08. The first kappa shape index (κ1) is 21.2. The quantitative estimate of drug-likeness (QED) is 0.405. The molecular formula is C22H19F3N2O3. The lowest BCUT2D eigenvalue weighted by Gasteiger charge is -2.13. The first-order valence-electron chi connectivity index (χ1n) is 8.95. The standard InChI is InChI=1S/C22H19F3N2O3/c1-27-19(10-11-26-27)20(28)8-6-15-7-9-21(29-2)16(12-15)14-30-18-5-3-4-17(13-18)22(23,24)25/h3-13H,14H2,1-2H3/b8-6+. The van der Waals surface area contributed by atoms with Crippen molar-refractivity contribution in [3.8, 4) is 11.5 Å². The van der Waals surface area contributed by atoms with E-state index in [0.29, 0.717) is 22.6 Å². The van der Waals surface area contributed by atoms with Gasteiger partial charge in [0.05, 0.1) is 12.7 Å². The molecule has 5 nitrogen and oxygen atoms in total. The summed E-state index contributed by atoms with van der Waals surface area (Å²) in [5.74, 6) is 0.420. The van der Waals surface area contributed by atoms with Gasteiger partial charge in [-0.05, 0) is 48.0 Å². The van der Waals surface area contributed by atoms with Crippen LogP contribution in [-0.2, 0) is 19.8 Å². The topological polar surface area (TPSA) is 53.3 Å². The van der Waals surface area contributed by atoms with Crippen LogP contribution in [0, 0.1) is 0 Å². The van der Waals surface area contributed by atoms with E-state index in [9.17, 15) is 18.0 Å². The summed E-state index contributed by atoms with van der Waals surface area (Å²) in [5, 5.41) is 3.96. The van der Waals surface area contributed by atoms with E-state index < -0.39 is 11.7 Å². The molecular weight excluding hydrogens is 397 g/mol. The molecule has 0 N–H and O–H groups in total. The molecule has 3 aromatic rings. The van der Waals surface area contributed by atoms with Crippen molar-refractivity contribution in [2.45, 2.75) is 12.8 Å². The number of carbonyl (C=O) groups is 1. The van der Waals surface area contributed by atoms with Gasteiger partial charge in [-0.15, -0.1) is 0 Å². The Morgan fingerprint density at radius 3 is 2.63 bits per heavy atom. The number of benzene rings is 2. The van der Waals surface area contributed by atoms with Gasteiger partial charge in [0.25, 0.3) is 0 Å². The lowest BCUT2D eigenvalue weighted by molar-refractivity contribution is -0.137. The van der Waals surface area contributed by atoms with Crippen molar-refractivity contribution in [1.82, 2.24) is 9.78 Å². The lowest BCUT2D eigenvalue weighted by Crippen LogP contribution is -2.05. The normalized spacial score (nSPS) is 11.6. The van der Waals surface area contributed by atoms with Crippen LogP contribution < -0.4 is 9.47 Å². The second-order valence-electron chi connectivity index (χ2n) is 6.42. The number of aromatic nitrogens is 2. The predicted octanol–water partition coefficient (Wildman–Crippen LogP) is 4.92. The van der Waals surface area contributed by atoms with Crippen molar-refractivity contribution in [3.05, 3.63) is 83.2 Å². The van der Waals surface area contributed by atoms with E-state index in [-0.39, 0.29) is 18.1 Å². The highest BCUT2D eigenvalue weighted by Crippen LogP contribution is 2.32. The predicted molar refractivity (Wildman–Crippen MR) is 105 cm³/mol. The zero-order chi connectivity index (χ0) is 21.7. The zero-order valence-corrected chi connectivity index (χ0v) is 16.3. The van der Waals surface area contributed by atoms with Crippen LogP contribution in [0.25, 0.3) is 6.08 Å². The molecule has 0 atom stereocenters. The molecule has 0 aliphatic rings. The number of ketones is 1. The summed E-state index contributed by atoms with van der Waals surface area (Å²) in [6.45, 7) is 0.00183. The summed E-state index contributed by atoms with van der Waals surface area (Å²) in [6.07, 6.45) is 0.165. The van der Waals surface area contributed by atoms with Crippen LogP contribution in [-0.4, -0.2) is 22.7 Å². The van der Waals surface area contributed by atoms with Crippen molar-refractivity contribution in [2.75, 3.05) is 7.11 Å². The second kappa shape index (κ2) is 8.86. The van der Waals surface area contributed by atoms with Crippen molar-refractivity contribution in [2.24, 2.45) is 7.05 Å². The third-order valence-corrected chi connectivity index (χ3v) is 4.36. The average Bonchev–Trinajstić information content (AvgIpc) is 3.16. The first-order chi connectivity index (χ1) is 14.3. The van der Waals surface area contributed by atoms with E-state index in [0.717, 1.165) is 12.1 Å². The molecule has 8 heteroatoms. The molecule has 0 fully saturated rings. The van der Waals surface area contributed by atoms with Crippen molar-refractivity contribution in [1.29, 1.82) is 0 Å². The Morgan fingerprint density at radius 1 is 1.17 bits per heavy atom. The molecule has 0 aliphatic carbocycles. The summed E-state index contributed by atoms with van der Waals surface area (Å²) in [6, 6.07) is 11.5. The maximum atomic E-state index is 12.9. The van der Waals surface area contributed by atoms with Crippen LogP contribution in [0.3, 0.4) is 0 Å². The van der Waals surface area contributed by atoms with Gasteiger partial charge in [-0.1, -0.05) is 18.2 Å². The van der Waals surface area contributed by atoms with Gasteiger partial charge < -0.3 is 9.47 Å². The SMILES string of the molecule is COc1ccc(/C=C/C(=O)c2ccnn2C)cc1COc1cccc(C(F)(F)F)c1. The minimum atomic E-state index is -4.44. The summed E-state index contributed by atoms with van der Waals surface area (Å²) >= 11 is 0. The number of allylic oxidation sites excluding steroid dienone is 1. The van der Waals surface area contributed by atoms with E-state index in [1.807, 2.05) is 0 Å². The molecule has 0 bridgehead atoms. The van der Waals surface area contributed by atoms with Gasteiger partial charge in [-0.25, -0.2) is 0 Å². The molecule has 0 aliphatic heterocycles. The van der Waals surface area contributed by atoms with Gasteiger partial charge in [-0.2, -0.15) is 18.3 Å². The van der Waals surface area contributed by atoms with Gasteiger partial charge in [0.15, 0.2) is 0 Å². The van der Waals surface area contributed by atoms with Gasteiger partial charge >= 0.3 is 6.18 Å².